The summed E-state index contributed by atoms with van der Waals surface area (Å²) in [5.74, 6) is -3.84. The van der Waals surface area contributed by atoms with Crippen LogP contribution in [0, 0.1) is 6.92 Å². The molecule has 104 valence electrons. The zero-order valence-corrected chi connectivity index (χ0v) is 11.3. The summed E-state index contributed by atoms with van der Waals surface area (Å²) in [4.78, 5) is 11.7. The molecule has 0 heterocycles. The maximum absolute atomic E-state index is 13.3. The minimum atomic E-state index is -2.77. The summed E-state index contributed by atoms with van der Waals surface area (Å²) in [7, 11) is 0. The molecule has 0 saturated heterocycles. The monoisotopic (exact) mass is 288 g/mol. The highest BCUT2D eigenvalue weighted by atomic mass is 35.5. The molecule has 0 amide bonds. The van der Waals surface area contributed by atoms with Crippen LogP contribution in [0.15, 0.2) is 18.2 Å². The Bertz CT molecular complexity index is 484. The third kappa shape index (κ3) is 2.46. The molecule has 1 aromatic rings. The minimum Gasteiger partial charge on any atom is -0.481 e. The molecular weight excluding hydrogens is 274 g/mol. The van der Waals surface area contributed by atoms with Gasteiger partial charge in [0.25, 0.3) is 0 Å². The van der Waals surface area contributed by atoms with Gasteiger partial charge in [-0.3, -0.25) is 4.79 Å². The van der Waals surface area contributed by atoms with Crippen LogP contribution in [0.5, 0.6) is 0 Å². The first kappa shape index (κ1) is 14.3. The van der Waals surface area contributed by atoms with Crippen LogP contribution in [0.3, 0.4) is 0 Å². The van der Waals surface area contributed by atoms with Gasteiger partial charge >= 0.3 is 5.97 Å². The van der Waals surface area contributed by atoms with E-state index in [1.807, 2.05) is 0 Å². The smallest absolute Gasteiger partial charge is 0.314 e. The van der Waals surface area contributed by atoms with E-state index in [4.69, 9.17) is 11.6 Å². The highest BCUT2D eigenvalue weighted by molar-refractivity contribution is 6.31. The fraction of sp³-hybridized carbons (Fsp3) is 0.500. The fourth-order valence-corrected chi connectivity index (χ4v) is 3.25. The van der Waals surface area contributed by atoms with Crippen molar-refractivity contribution in [3.63, 3.8) is 0 Å². The summed E-state index contributed by atoms with van der Waals surface area (Å²) in [5, 5.41) is 9.90. The first-order valence-electron chi connectivity index (χ1n) is 6.15. The van der Waals surface area contributed by atoms with E-state index in [1.165, 1.54) is 0 Å². The molecule has 19 heavy (non-hydrogen) atoms. The molecule has 1 aliphatic rings. The number of aliphatic carboxylic acids is 1. The lowest BCUT2D eigenvalue weighted by molar-refractivity contribution is -0.149. The van der Waals surface area contributed by atoms with E-state index in [-0.39, 0.29) is 12.8 Å². The van der Waals surface area contributed by atoms with Gasteiger partial charge in [-0.1, -0.05) is 23.7 Å². The number of hydrogen-bond acceptors (Lipinski definition) is 1. The number of carbonyl (C=O) groups is 1. The van der Waals surface area contributed by atoms with Crippen molar-refractivity contribution >= 4 is 17.6 Å². The lowest BCUT2D eigenvalue weighted by atomic mass is 9.67. The van der Waals surface area contributed by atoms with Crippen molar-refractivity contribution in [1.29, 1.82) is 0 Å². The second-order valence-electron chi connectivity index (χ2n) is 5.17. The molecule has 0 unspecified atom stereocenters. The topological polar surface area (TPSA) is 37.3 Å². The Balaban J connectivity index is 2.50. The van der Waals surface area contributed by atoms with Crippen molar-refractivity contribution in [2.45, 2.75) is 43.9 Å². The van der Waals surface area contributed by atoms with Gasteiger partial charge in [0, 0.05) is 17.9 Å². The molecule has 1 saturated carbocycles. The second-order valence-corrected chi connectivity index (χ2v) is 5.58. The summed E-state index contributed by atoms with van der Waals surface area (Å²) in [5.41, 5.74) is -0.0656. The molecule has 2 rings (SSSR count). The normalized spacial score (nSPS) is 21.1. The summed E-state index contributed by atoms with van der Waals surface area (Å²) in [6, 6.07) is 5.11. The molecule has 0 spiro atoms. The highest BCUT2D eigenvalue weighted by Gasteiger charge is 2.50. The van der Waals surface area contributed by atoms with Crippen LogP contribution in [0.1, 0.15) is 36.8 Å². The van der Waals surface area contributed by atoms with Crippen LogP contribution < -0.4 is 0 Å². The number of aryl methyl sites for hydroxylation is 1. The standard InChI is InChI=1S/C14H15ClF2O2/c1-9-3-2-4-10(15)11(9)13(12(18)19)5-7-14(16,17)8-6-13/h2-4H,5-8H2,1H3,(H,18,19). The van der Waals surface area contributed by atoms with Crippen molar-refractivity contribution in [3.05, 3.63) is 34.3 Å². The van der Waals surface area contributed by atoms with Crippen molar-refractivity contribution in [2.75, 3.05) is 0 Å². The number of alkyl halides is 2. The third-order valence-electron chi connectivity index (χ3n) is 3.94. The van der Waals surface area contributed by atoms with E-state index >= 15 is 0 Å². The SMILES string of the molecule is Cc1cccc(Cl)c1C1(C(=O)O)CCC(F)(F)CC1. The molecule has 0 atom stereocenters. The molecule has 2 nitrogen and oxygen atoms in total. The first-order valence-corrected chi connectivity index (χ1v) is 6.53. The van der Waals surface area contributed by atoms with Crippen LogP contribution >= 0.6 is 11.6 Å². The molecule has 1 fully saturated rings. The Morgan fingerprint density at radius 3 is 2.32 bits per heavy atom. The largest absolute Gasteiger partial charge is 0.481 e. The van der Waals surface area contributed by atoms with Crippen molar-refractivity contribution < 1.29 is 18.7 Å². The van der Waals surface area contributed by atoms with Crippen molar-refractivity contribution in [1.82, 2.24) is 0 Å². The molecule has 1 aromatic carbocycles. The van der Waals surface area contributed by atoms with Gasteiger partial charge < -0.3 is 5.11 Å². The maximum Gasteiger partial charge on any atom is 0.314 e. The Morgan fingerprint density at radius 1 is 1.26 bits per heavy atom. The number of rotatable bonds is 2. The molecular formula is C14H15ClF2O2. The lowest BCUT2D eigenvalue weighted by Gasteiger charge is -2.38. The molecule has 0 bridgehead atoms. The van der Waals surface area contributed by atoms with Gasteiger partial charge in [0.05, 0.1) is 5.41 Å². The number of carboxylic acid groups (broad SMARTS) is 1. The number of halogens is 3. The molecule has 0 aliphatic heterocycles. The zero-order chi connectivity index (χ0) is 14.3. The van der Waals surface area contributed by atoms with Gasteiger partial charge in [0.15, 0.2) is 0 Å². The van der Waals surface area contributed by atoms with Crippen LogP contribution in [0.25, 0.3) is 0 Å². The fourth-order valence-electron chi connectivity index (χ4n) is 2.85. The van der Waals surface area contributed by atoms with E-state index in [1.54, 1.807) is 25.1 Å². The lowest BCUT2D eigenvalue weighted by Crippen LogP contribution is -2.43. The van der Waals surface area contributed by atoms with Gasteiger partial charge in [0.2, 0.25) is 5.92 Å². The molecule has 1 aliphatic carbocycles. The Morgan fingerprint density at radius 2 is 1.84 bits per heavy atom. The quantitative estimate of drug-likeness (QED) is 0.886. The van der Waals surface area contributed by atoms with Gasteiger partial charge in [0.1, 0.15) is 0 Å². The summed E-state index contributed by atoms with van der Waals surface area (Å²) < 4.78 is 26.6. The zero-order valence-electron chi connectivity index (χ0n) is 10.5. The highest BCUT2D eigenvalue weighted by Crippen LogP contribution is 2.48. The molecule has 5 heteroatoms. The van der Waals surface area contributed by atoms with Crippen LogP contribution in [-0.2, 0) is 10.2 Å². The van der Waals surface area contributed by atoms with Crippen LogP contribution in [0.2, 0.25) is 5.02 Å². The molecule has 1 N–H and O–H groups in total. The Hall–Kier alpha value is -1.16. The summed E-state index contributed by atoms with van der Waals surface area (Å²) in [6.07, 6.45) is -0.992. The summed E-state index contributed by atoms with van der Waals surface area (Å²) >= 11 is 6.12. The van der Waals surface area contributed by atoms with E-state index in [2.05, 4.69) is 0 Å². The van der Waals surface area contributed by atoms with Gasteiger partial charge in [-0.25, -0.2) is 8.78 Å². The van der Waals surface area contributed by atoms with Crippen LogP contribution in [-0.4, -0.2) is 17.0 Å². The maximum atomic E-state index is 13.3. The van der Waals surface area contributed by atoms with Gasteiger partial charge in [-0.15, -0.1) is 0 Å². The van der Waals surface area contributed by atoms with Crippen LogP contribution in [0.4, 0.5) is 8.78 Å². The van der Waals surface area contributed by atoms with Gasteiger partial charge in [-0.2, -0.15) is 0 Å². The van der Waals surface area contributed by atoms with Crippen molar-refractivity contribution in [2.24, 2.45) is 0 Å². The number of benzene rings is 1. The van der Waals surface area contributed by atoms with E-state index in [0.29, 0.717) is 10.6 Å². The second kappa shape index (κ2) is 4.75. The molecule has 0 aromatic heterocycles. The van der Waals surface area contributed by atoms with Gasteiger partial charge in [-0.05, 0) is 37.0 Å². The van der Waals surface area contributed by atoms with E-state index in [0.717, 1.165) is 5.56 Å². The minimum absolute atomic E-state index is 0.0834. The van der Waals surface area contributed by atoms with Crippen molar-refractivity contribution in [3.8, 4) is 0 Å². The number of carboxylic acids is 1. The Labute approximate surface area is 115 Å². The summed E-state index contributed by atoms with van der Waals surface area (Å²) in [6.45, 7) is 1.76. The molecule has 0 radical (unpaired) electrons. The first-order chi connectivity index (χ1) is 8.78. The van der Waals surface area contributed by atoms with E-state index < -0.39 is 30.1 Å². The average molecular weight is 289 g/mol. The third-order valence-corrected chi connectivity index (χ3v) is 4.26. The number of hydrogen-bond donors (Lipinski definition) is 1. The predicted octanol–water partition coefficient (Wildman–Crippen LogP) is 4.18. The predicted molar refractivity (Wildman–Crippen MR) is 68.9 cm³/mol. The van der Waals surface area contributed by atoms with E-state index in [9.17, 15) is 18.7 Å². The average Bonchev–Trinajstić information content (AvgIpc) is 2.30. The Kier molecular flexibility index (Phi) is 3.56.